The summed E-state index contributed by atoms with van der Waals surface area (Å²) in [5, 5.41) is 0. The fourth-order valence-electron chi connectivity index (χ4n) is 4.56. The second kappa shape index (κ2) is 15.3. The summed E-state index contributed by atoms with van der Waals surface area (Å²) in [6.07, 6.45) is 17.6. The molecule has 0 bridgehead atoms. The van der Waals surface area contributed by atoms with E-state index in [9.17, 15) is 4.79 Å². The van der Waals surface area contributed by atoms with Gasteiger partial charge in [0.1, 0.15) is 11.9 Å². The summed E-state index contributed by atoms with van der Waals surface area (Å²) in [6, 6.07) is 8.43. The number of benzene rings is 1. The van der Waals surface area contributed by atoms with E-state index in [1.165, 1.54) is 56.9 Å². The van der Waals surface area contributed by atoms with Crippen LogP contribution in [0, 0.1) is 0 Å². The molecule has 1 aliphatic carbocycles. The third kappa shape index (κ3) is 10.1. The third-order valence-corrected chi connectivity index (χ3v) is 6.67. The van der Waals surface area contributed by atoms with Gasteiger partial charge in [0.25, 0.3) is 0 Å². The summed E-state index contributed by atoms with van der Waals surface area (Å²) in [6.45, 7) is 6.50. The highest BCUT2D eigenvalue weighted by atomic mass is 16.5. The number of carbonyl (C=O) groups excluding carboxylic acids is 1. The Labute approximate surface area is 191 Å². The van der Waals surface area contributed by atoms with Crippen molar-refractivity contribution in [1.82, 2.24) is 0 Å². The van der Waals surface area contributed by atoms with Gasteiger partial charge >= 0.3 is 5.97 Å². The van der Waals surface area contributed by atoms with Gasteiger partial charge in [-0.25, -0.2) is 0 Å². The van der Waals surface area contributed by atoms with Gasteiger partial charge in [-0.3, -0.25) is 4.79 Å². The van der Waals surface area contributed by atoms with Crippen LogP contribution in [0.15, 0.2) is 24.3 Å². The largest absolute Gasteiger partial charge is 0.491 e. The van der Waals surface area contributed by atoms with Crippen LogP contribution in [-0.2, 0) is 9.53 Å². The molecule has 176 valence electrons. The molecule has 1 aromatic rings. The maximum absolute atomic E-state index is 12.5. The van der Waals surface area contributed by atoms with Crippen LogP contribution in [0.5, 0.6) is 5.75 Å². The molecule has 0 radical (unpaired) electrons. The molecule has 0 spiro atoms. The van der Waals surface area contributed by atoms with Crippen LogP contribution in [0.1, 0.15) is 129 Å². The predicted molar refractivity (Wildman–Crippen MR) is 130 cm³/mol. The summed E-state index contributed by atoms with van der Waals surface area (Å²) in [5.74, 6) is 1.21. The van der Waals surface area contributed by atoms with Gasteiger partial charge in [-0.05, 0) is 56.7 Å². The number of esters is 1. The van der Waals surface area contributed by atoms with Gasteiger partial charge in [0.15, 0.2) is 0 Å². The predicted octanol–water partition coefficient (Wildman–Crippen LogP) is 8.35. The molecule has 1 aromatic carbocycles. The van der Waals surface area contributed by atoms with E-state index in [0.717, 1.165) is 44.3 Å². The van der Waals surface area contributed by atoms with Crippen molar-refractivity contribution in [3.63, 3.8) is 0 Å². The second-order valence-corrected chi connectivity index (χ2v) is 9.41. The van der Waals surface area contributed by atoms with Crippen molar-refractivity contribution in [1.29, 1.82) is 0 Å². The van der Waals surface area contributed by atoms with Crippen molar-refractivity contribution < 1.29 is 14.3 Å². The Kier molecular flexibility index (Phi) is 12.7. The minimum absolute atomic E-state index is 0.00754. The van der Waals surface area contributed by atoms with Crippen molar-refractivity contribution >= 4 is 5.97 Å². The fourth-order valence-corrected chi connectivity index (χ4v) is 4.56. The Balaban J connectivity index is 1.74. The first-order chi connectivity index (χ1) is 15.1. The highest BCUT2D eigenvalue weighted by Gasteiger charge is 2.29. The zero-order chi connectivity index (χ0) is 22.3. The van der Waals surface area contributed by atoms with Crippen LogP contribution in [-0.4, -0.2) is 18.2 Å². The molecule has 1 aliphatic rings. The van der Waals surface area contributed by atoms with Crippen molar-refractivity contribution in [2.45, 2.75) is 135 Å². The molecule has 31 heavy (non-hydrogen) atoms. The third-order valence-electron chi connectivity index (χ3n) is 6.67. The van der Waals surface area contributed by atoms with Crippen LogP contribution in [0.3, 0.4) is 0 Å². The zero-order valence-corrected chi connectivity index (χ0v) is 20.4. The molecule has 3 unspecified atom stereocenters. The molecule has 1 saturated carbocycles. The average molecular weight is 431 g/mol. The molecule has 0 heterocycles. The molecular formula is C28H46O3. The first-order valence-electron chi connectivity index (χ1n) is 13.1. The van der Waals surface area contributed by atoms with Gasteiger partial charge in [0.2, 0.25) is 0 Å². The number of rotatable bonds is 15. The topological polar surface area (TPSA) is 35.5 Å². The van der Waals surface area contributed by atoms with E-state index >= 15 is 0 Å². The number of ether oxygens (including phenoxy) is 2. The van der Waals surface area contributed by atoms with Gasteiger partial charge in [-0.1, -0.05) is 83.8 Å². The van der Waals surface area contributed by atoms with E-state index in [0.29, 0.717) is 12.3 Å². The summed E-state index contributed by atoms with van der Waals surface area (Å²) in [5.41, 5.74) is 1.25. The second-order valence-electron chi connectivity index (χ2n) is 9.41. The molecule has 0 amide bonds. The molecule has 3 nitrogen and oxygen atoms in total. The number of hydrogen-bond donors (Lipinski definition) is 0. The van der Waals surface area contributed by atoms with Crippen LogP contribution in [0.4, 0.5) is 0 Å². The van der Waals surface area contributed by atoms with Crippen LogP contribution in [0.2, 0.25) is 0 Å². The lowest BCUT2D eigenvalue weighted by Gasteiger charge is -2.32. The van der Waals surface area contributed by atoms with Gasteiger partial charge < -0.3 is 9.47 Å². The number of hydrogen-bond acceptors (Lipinski definition) is 3. The minimum Gasteiger partial charge on any atom is -0.491 e. The number of carbonyl (C=O) groups is 1. The van der Waals surface area contributed by atoms with Crippen LogP contribution >= 0.6 is 0 Å². The van der Waals surface area contributed by atoms with E-state index in [1.807, 2.05) is 6.07 Å². The Morgan fingerprint density at radius 2 is 1.65 bits per heavy atom. The van der Waals surface area contributed by atoms with Crippen molar-refractivity contribution in [2.75, 3.05) is 0 Å². The molecule has 3 atom stereocenters. The van der Waals surface area contributed by atoms with Crippen molar-refractivity contribution in [3.05, 3.63) is 29.8 Å². The quantitative estimate of drug-likeness (QED) is 0.207. The summed E-state index contributed by atoms with van der Waals surface area (Å²) >= 11 is 0. The lowest BCUT2D eigenvalue weighted by Crippen LogP contribution is -2.28. The Morgan fingerprint density at radius 3 is 2.35 bits per heavy atom. The normalized spacial score (nSPS) is 19.7. The van der Waals surface area contributed by atoms with Crippen molar-refractivity contribution in [3.8, 4) is 5.75 Å². The van der Waals surface area contributed by atoms with E-state index in [4.69, 9.17) is 9.47 Å². The molecule has 0 aliphatic heterocycles. The lowest BCUT2D eigenvalue weighted by atomic mass is 9.81. The van der Waals surface area contributed by atoms with Gasteiger partial charge in [0, 0.05) is 12.3 Å². The summed E-state index contributed by atoms with van der Waals surface area (Å²) in [4.78, 5) is 12.5. The van der Waals surface area contributed by atoms with E-state index < -0.39 is 0 Å². The maximum atomic E-state index is 12.5. The van der Waals surface area contributed by atoms with Crippen LogP contribution < -0.4 is 4.74 Å². The Morgan fingerprint density at radius 1 is 0.968 bits per heavy atom. The van der Waals surface area contributed by atoms with Gasteiger partial charge in [-0.15, -0.1) is 0 Å². The Hall–Kier alpha value is -1.51. The Bertz CT molecular complexity index is 612. The molecule has 0 saturated heterocycles. The average Bonchev–Trinajstić information content (AvgIpc) is 2.78. The fraction of sp³-hybridized carbons (Fsp3) is 0.750. The standard InChI is InChI=1S/C28H46O3/c1-4-6-7-8-9-10-11-12-13-21-28(29)31-27-20-15-14-19-26(27)24-17-16-18-25(22-24)30-23(3)5-2/h16-18,22-23,26-27H,4-15,19-21H2,1-3H3. The molecule has 1 fully saturated rings. The molecular weight excluding hydrogens is 384 g/mol. The van der Waals surface area contributed by atoms with Crippen molar-refractivity contribution in [2.24, 2.45) is 0 Å². The minimum atomic E-state index is -0.00754. The molecule has 0 N–H and O–H groups in total. The summed E-state index contributed by atoms with van der Waals surface area (Å²) < 4.78 is 12.0. The van der Waals surface area contributed by atoms with E-state index in [2.05, 4.69) is 39.0 Å². The van der Waals surface area contributed by atoms with E-state index in [-0.39, 0.29) is 18.2 Å². The molecule has 3 heteroatoms. The number of unbranched alkanes of at least 4 members (excludes halogenated alkanes) is 8. The first kappa shape index (κ1) is 25.7. The lowest BCUT2D eigenvalue weighted by molar-refractivity contribution is -0.151. The summed E-state index contributed by atoms with van der Waals surface area (Å²) in [7, 11) is 0. The highest BCUT2D eigenvalue weighted by molar-refractivity contribution is 5.69. The van der Waals surface area contributed by atoms with Gasteiger partial charge in [0.05, 0.1) is 6.10 Å². The monoisotopic (exact) mass is 430 g/mol. The molecule has 0 aromatic heterocycles. The smallest absolute Gasteiger partial charge is 0.306 e. The van der Waals surface area contributed by atoms with Crippen LogP contribution in [0.25, 0.3) is 0 Å². The highest BCUT2D eigenvalue weighted by Crippen LogP contribution is 2.36. The maximum Gasteiger partial charge on any atom is 0.306 e. The van der Waals surface area contributed by atoms with E-state index in [1.54, 1.807) is 0 Å². The zero-order valence-electron chi connectivity index (χ0n) is 20.4. The first-order valence-corrected chi connectivity index (χ1v) is 13.1. The molecule has 2 rings (SSSR count). The SMILES string of the molecule is CCCCCCCCCCCC(=O)OC1CCCCC1c1cccc(OC(C)CC)c1. The van der Waals surface area contributed by atoms with Gasteiger partial charge in [-0.2, -0.15) is 0 Å².